The smallest absolute Gasteiger partial charge is 0.338 e. The predicted octanol–water partition coefficient (Wildman–Crippen LogP) is 3.67. The van der Waals surface area contributed by atoms with Crippen molar-refractivity contribution in [1.29, 1.82) is 0 Å². The van der Waals surface area contributed by atoms with Gasteiger partial charge in [-0.3, -0.25) is 4.90 Å². The number of aliphatic hydroxyl groups excluding tert-OH is 2. The Bertz CT molecular complexity index is 1120. The zero-order valence-electron chi connectivity index (χ0n) is 21.7. The fraction of sp³-hybridized carbons (Fsp3) is 0.700. The van der Waals surface area contributed by atoms with Gasteiger partial charge in [-0.15, -0.1) is 0 Å². The summed E-state index contributed by atoms with van der Waals surface area (Å²) in [5.74, 6) is 1.27. The SMILES string of the molecule is C=C1[C@H]2C[C@@]3([C@@H]1O)[C@@H](C[C@@H]2OC(=O)c1ccc(OC)cc1)[C@@]12C4[C@@H]3C[C@@H]1[C@@](C)(CC[C@@H]2O)CN4CC. The van der Waals surface area contributed by atoms with Gasteiger partial charge in [0.1, 0.15) is 11.9 Å². The Morgan fingerprint density at radius 1 is 1.19 bits per heavy atom. The van der Waals surface area contributed by atoms with Crippen LogP contribution in [0.2, 0.25) is 0 Å². The van der Waals surface area contributed by atoms with E-state index >= 15 is 0 Å². The molecule has 6 fully saturated rings. The van der Waals surface area contributed by atoms with E-state index in [0.717, 1.165) is 44.3 Å². The van der Waals surface area contributed by atoms with E-state index in [4.69, 9.17) is 9.47 Å². The van der Waals surface area contributed by atoms with Crippen molar-refractivity contribution in [1.82, 2.24) is 4.90 Å². The minimum atomic E-state index is -0.595. The molecule has 0 aromatic heterocycles. The number of methoxy groups -OCH3 is 1. The highest BCUT2D eigenvalue weighted by molar-refractivity contribution is 5.89. The topological polar surface area (TPSA) is 79.2 Å². The molecule has 1 saturated heterocycles. The lowest BCUT2D eigenvalue weighted by atomic mass is 9.43. The van der Waals surface area contributed by atoms with Crippen LogP contribution in [0.3, 0.4) is 0 Å². The first-order valence-electron chi connectivity index (χ1n) is 13.9. The monoisotopic (exact) mass is 493 g/mol. The van der Waals surface area contributed by atoms with Gasteiger partial charge in [-0.1, -0.05) is 20.4 Å². The molecular weight excluding hydrogens is 454 g/mol. The van der Waals surface area contributed by atoms with Crippen LogP contribution < -0.4 is 4.74 Å². The van der Waals surface area contributed by atoms with Crippen LogP contribution in [0, 0.1) is 39.9 Å². The molecule has 6 nitrogen and oxygen atoms in total. The number of likely N-dealkylation sites (tertiary alicyclic amines) is 1. The van der Waals surface area contributed by atoms with Gasteiger partial charge in [-0.25, -0.2) is 4.79 Å². The fourth-order valence-corrected chi connectivity index (χ4v) is 11.0. The Morgan fingerprint density at radius 3 is 2.64 bits per heavy atom. The number of rotatable bonds is 4. The first kappa shape index (κ1) is 23.2. The van der Waals surface area contributed by atoms with Gasteiger partial charge in [0.2, 0.25) is 0 Å². The van der Waals surface area contributed by atoms with Crippen molar-refractivity contribution in [2.24, 2.45) is 39.9 Å². The molecule has 7 rings (SSSR count). The summed E-state index contributed by atoms with van der Waals surface area (Å²) < 4.78 is 11.5. The van der Waals surface area contributed by atoms with Gasteiger partial charge in [0.05, 0.1) is 24.9 Å². The molecule has 1 aromatic carbocycles. The molecule has 5 aliphatic carbocycles. The van der Waals surface area contributed by atoms with E-state index in [1.54, 1.807) is 31.4 Å². The van der Waals surface area contributed by atoms with E-state index in [0.29, 0.717) is 29.6 Å². The molecule has 6 heteroatoms. The third-order valence-electron chi connectivity index (χ3n) is 12.1. The van der Waals surface area contributed by atoms with Crippen LogP contribution in [0.15, 0.2) is 36.4 Å². The molecule has 1 aromatic rings. The van der Waals surface area contributed by atoms with Gasteiger partial charge in [0.25, 0.3) is 0 Å². The second kappa shape index (κ2) is 7.36. The standard InChI is InChI=1S/C30H39NO5/c1-5-31-15-28(3)11-10-24(32)30-22(28)12-20(25(30)31)29-14-19(16(2)26(29)33)21(13-23(29)30)36-27(34)17-6-8-18(35-4)9-7-17/h6-9,19-26,32-33H,2,5,10-15H2,1,3-4H3/t19-,20+,21+,22-,23-,24+,25?,26-,28+,29+,30+/m1/s1. The molecule has 5 saturated carbocycles. The number of piperidine rings is 1. The summed E-state index contributed by atoms with van der Waals surface area (Å²) in [6, 6.07) is 7.31. The van der Waals surface area contributed by atoms with Gasteiger partial charge in [0, 0.05) is 29.3 Å². The van der Waals surface area contributed by atoms with Gasteiger partial charge in [-0.2, -0.15) is 0 Å². The van der Waals surface area contributed by atoms with Crippen molar-refractivity contribution in [3.8, 4) is 5.75 Å². The second-order valence-electron chi connectivity index (χ2n) is 13.0. The molecule has 1 aliphatic heterocycles. The van der Waals surface area contributed by atoms with Crippen LogP contribution in [0.25, 0.3) is 0 Å². The number of carbonyl (C=O) groups is 1. The Hall–Kier alpha value is -1.89. The first-order chi connectivity index (χ1) is 17.2. The quantitative estimate of drug-likeness (QED) is 0.492. The minimum absolute atomic E-state index is 0.0313. The fourth-order valence-electron chi connectivity index (χ4n) is 11.0. The van der Waals surface area contributed by atoms with Crippen LogP contribution in [0.4, 0.5) is 0 Å². The molecule has 2 N–H and O–H groups in total. The third kappa shape index (κ3) is 2.47. The van der Waals surface area contributed by atoms with Crippen molar-refractivity contribution in [3.63, 3.8) is 0 Å². The molecule has 194 valence electrons. The van der Waals surface area contributed by atoms with Gasteiger partial charge < -0.3 is 19.7 Å². The minimum Gasteiger partial charge on any atom is -0.497 e. The molecule has 0 amide bonds. The summed E-state index contributed by atoms with van der Waals surface area (Å²) in [5, 5.41) is 23.7. The van der Waals surface area contributed by atoms with E-state index in [9.17, 15) is 15.0 Å². The number of ether oxygens (including phenoxy) is 2. The van der Waals surface area contributed by atoms with E-state index in [1.165, 1.54) is 0 Å². The maximum atomic E-state index is 13.2. The number of hydrogen-bond acceptors (Lipinski definition) is 6. The molecule has 11 atom stereocenters. The molecule has 0 radical (unpaired) electrons. The summed E-state index contributed by atoms with van der Waals surface area (Å²) in [6.07, 6.45) is 3.21. The van der Waals surface area contributed by atoms with Crippen LogP contribution in [0.5, 0.6) is 5.75 Å². The highest BCUT2D eigenvalue weighted by Gasteiger charge is 2.85. The lowest BCUT2D eigenvalue weighted by molar-refractivity contribution is -0.218. The van der Waals surface area contributed by atoms with Crippen molar-refractivity contribution < 1.29 is 24.5 Å². The van der Waals surface area contributed by atoms with Crippen LogP contribution in [-0.2, 0) is 4.74 Å². The van der Waals surface area contributed by atoms with Gasteiger partial charge in [-0.05, 0) is 91.7 Å². The molecule has 2 spiro atoms. The largest absolute Gasteiger partial charge is 0.497 e. The molecule has 1 unspecified atom stereocenters. The number of hydrogen-bond donors (Lipinski definition) is 2. The average Bonchev–Trinajstić information content (AvgIpc) is 3.41. The highest BCUT2D eigenvalue weighted by Crippen LogP contribution is 2.83. The van der Waals surface area contributed by atoms with Crippen molar-refractivity contribution in [3.05, 3.63) is 42.0 Å². The Balaban J connectivity index is 1.29. The van der Waals surface area contributed by atoms with E-state index in [-0.39, 0.29) is 52.3 Å². The molecule has 7 bridgehead atoms. The van der Waals surface area contributed by atoms with Crippen molar-refractivity contribution in [2.75, 3.05) is 20.2 Å². The lowest BCUT2D eigenvalue weighted by Crippen LogP contribution is -2.68. The summed E-state index contributed by atoms with van der Waals surface area (Å²) in [5.41, 5.74) is 1.02. The Morgan fingerprint density at radius 2 is 1.94 bits per heavy atom. The van der Waals surface area contributed by atoms with E-state index in [1.807, 2.05) is 0 Å². The van der Waals surface area contributed by atoms with Gasteiger partial charge in [0.15, 0.2) is 0 Å². The van der Waals surface area contributed by atoms with E-state index in [2.05, 4.69) is 25.3 Å². The molecule has 36 heavy (non-hydrogen) atoms. The number of nitrogens with zero attached hydrogens (tertiary/aromatic N) is 1. The van der Waals surface area contributed by atoms with Gasteiger partial charge >= 0.3 is 5.97 Å². The lowest BCUT2D eigenvalue weighted by Gasteiger charge is -2.65. The molecular formula is C30H39NO5. The summed E-state index contributed by atoms with van der Waals surface area (Å²) in [4.78, 5) is 15.9. The summed E-state index contributed by atoms with van der Waals surface area (Å²) >= 11 is 0. The Labute approximate surface area is 213 Å². The van der Waals surface area contributed by atoms with Crippen LogP contribution >= 0.6 is 0 Å². The van der Waals surface area contributed by atoms with Crippen molar-refractivity contribution in [2.45, 2.75) is 70.3 Å². The number of carbonyl (C=O) groups excluding carboxylic acids is 1. The maximum Gasteiger partial charge on any atom is 0.338 e. The number of benzene rings is 1. The average molecular weight is 494 g/mol. The summed E-state index contributed by atoms with van der Waals surface area (Å²) in [6.45, 7) is 11.1. The number of esters is 1. The first-order valence-corrected chi connectivity index (χ1v) is 13.9. The van der Waals surface area contributed by atoms with Crippen molar-refractivity contribution >= 4 is 5.97 Å². The Kier molecular flexibility index (Phi) is 4.75. The molecule has 6 aliphatic rings. The zero-order valence-corrected chi connectivity index (χ0v) is 21.7. The second-order valence-corrected chi connectivity index (χ2v) is 13.0. The van der Waals surface area contributed by atoms with E-state index < -0.39 is 6.10 Å². The maximum absolute atomic E-state index is 13.2. The highest BCUT2D eigenvalue weighted by atomic mass is 16.5. The van der Waals surface area contributed by atoms with Crippen LogP contribution in [-0.4, -0.2) is 65.6 Å². The normalized spacial score (nSPS) is 50.2. The van der Waals surface area contributed by atoms with Crippen LogP contribution in [0.1, 0.15) is 56.3 Å². The number of fused-ring (bicyclic) bond motifs is 1. The summed E-state index contributed by atoms with van der Waals surface area (Å²) in [7, 11) is 1.60. The number of aliphatic hydroxyl groups is 2. The molecule has 1 heterocycles. The predicted molar refractivity (Wildman–Crippen MR) is 134 cm³/mol. The third-order valence-corrected chi connectivity index (χ3v) is 12.1. The zero-order chi connectivity index (χ0) is 25.2.